The number of piperazine rings is 1. The number of amides is 1. The number of hydrogen-bond donors (Lipinski definition) is 0. The van der Waals surface area contributed by atoms with Crippen molar-refractivity contribution in [3.63, 3.8) is 0 Å². The van der Waals surface area contributed by atoms with Gasteiger partial charge in [0, 0.05) is 38.3 Å². The number of methoxy groups -OCH3 is 2. The van der Waals surface area contributed by atoms with E-state index in [4.69, 9.17) is 21.1 Å². The molecule has 1 amide bonds. The highest BCUT2D eigenvalue weighted by atomic mass is 35.5. The third-order valence-corrected chi connectivity index (χ3v) is 5.78. The van der Waals surface area contributed by atoms with Gasteiger partial charge in [-0.2, -0.15) is 0 Å². The molecule has 1 aliphatic heterocycles. The van der Waals surface area contributed by atoms with Crippen molar-refractivity contribution >= 4 is 23.6 Å². The van der Waals surface area contributed by atoms with Crippen LogP contribution in [0.25, 0.3) is 6.08 Å². The molecule has 26 heavy (non-hydrogen) atoms. The van der Waals surface area contributed by atoms with Crippen molar-refractivity contribution in [3.8, 4) is 11.5 Å². The minimum Gasteiger partial charge on any atom is -0.493 e. The first kappa shape index (κ1) is 19.1. The first-order valence-corrected chi connectivity index (χ1v) is 9.63. The van der Waals surface area contributed by atoms with Crippen LogP contribution in [0, 0.1) is 0 Å². The van der Waals surface area contributed by atoms with E-state index in [-0.39, 0.29) is 5.91 Å². The van der Waals surface area contributed by atoms with Crippen molar-refractivity contribution in [2.45, 2.75) is 31.7 Å². The molecule has 1 aliphatic carbocycles. The minimum atomic E-state index is 0.0296. The van der Waals surface area contributed by atoms with Crippen LogP contribution < -0.4 is 9.47 Å². The summed E-state index contributed by atoms with van der Waals surface area (Å²) in [6, 6.07) is 4.34. The molecule has 1 heterocycles. The Labute approximate surface area is 160 Å². The third kappa shape index (κ3) is 4.15. The molecule has 6 heteroatoms. The predicted octanol–water partition coefficient (Wildman–Crippen LogP) is 3.46. The molecule has 2 fully saturated rings. The molecule has 0 N–H and O–H groups in total. The first-order valence-electron chi connectivity index (χ1n) is 9.25. The third-order valence-electron chi connectivity index (χ3n) is 5.39. The summed E-state index contributed by atoms with van der Waals surface area (Å²) in [7, 11) is 3.12. The van der Waals surface area contributed by atoms with Crippen LogP contribution in [-0.4, -0.2) is 62.1 Å². The fourth-order valence-electron chi connectivity index (χ4n) is 3.88. The van der Waals surface area contributed by atoms with Crippen LogP contribution in [0.15, 0.2) is 18.2 Å². The molecule has 1 aromatic carbocycles. The summed E-state index contributed by atoms with van der Waals surface area (Å²) >= 11 is 6.37. The van der Waals surface area contributed by atoms with E-state index in [0.29, 0.717) is 16.5 Å². The van der Waals surface area contributed by atoms with Gasteiger partial charge in [0.1, 0.15) is 0 Å². The highest BCUT2D eigenvalue weighted by molar-refractivity contribution is 6.33. The summed E-state index contributed by atoms with van der Waals surface area (Å²) in [6.45, 7) is 3.53. The normalized spacial score (nSPS) is 19.3. The Balaban J connectivity index is 1.60. The van der Waals surface area contributed by atoms with E-state index < -0.39 is 0 Å². The summed E-state index contributed by atoms with van der Waals surface area (Å²) in [5.41, 5.74) is 0.738. The number of ether oxygens (including phenoxy) is 2. The monoisotopic (exact) mass is 378 g/mol. The fourth-order valence-corrected chi connectivity index (χ4v) is 4.17. The van der Waals surface area contributed by atoms with Gasteiger partial charge in [0.25, 0.3) is 0 Å². The summed E-state index contributed by atoms with van der Waals surface area (Å²) in [5.74, 6) is 1.08. The average molecular weight is 379 g/mol. The smallest absolute Gasteiger partial charge is 0.246 e. The zero-order valence-electron chi connectivity index (χ0n) is 15.5. The molecule has 0 radical (unpaired) electrons. The summed E-state index contributed by atoms with van der Waals surface area (Å²) in [6.07, 6.45) is 8.66. The number of halogens is 1. The molecular formula is C20H27ClN2O3. The molecule has 1 saturated carbocycles. The molecule has 0 bridgehead atoms. The zero-order valence-corrected chi connectivity index (χ0v) is 16.3. The second-order valence-electron chi connectivity index (χ2n) is 6.84. The number of hydrogen-bond acceptors (Lipinski definition) is 4. The molecule has 142 valence electrons. The Hall–Kier alpha value is -1.72. The molecule has 1 saturated heterocycles. The molecule has 0 spiro atoms. The van der Waals surface area contributed by atoms with Gasteiger partial charge in [-0.1, -0.05) is 24.4 Å². The lowest BCUT2D eigenvalue weighted by molar-refractivity contribution is -0.127. The number of carbonyl (C=O) groups is 1. The molecule has 0 atom stereocenters. The van der Waals surface area contributed by atoms with E-state index >= 15 is 0 Å². The highest BCUT2D eigenvalue weighted by Gasteiger charge is 2.27. The molecule has 3 rings (SSSR count). The molecule has 1 aromatic rings. The van der Waals surface area contributed by atoms with Crippen molar-refractivity contribution in [3.05, 3.63) is 28.8 Å². The molecule has 5 nitrogen and oxygen atoms in total. The van der Waals surface area contributed by atoms with Gasteiger partial charge in [-0.25, -0.2) is 0 Å². The van der Waals surface area contributed by atoms with Crippen LogP contribution in [-0.2, 0) is 4.79 Å². The van der Waals surface area contributed by atoms with Crippen LogP contribution >= 0.6 is 11.6 Å². The van der Waals surface area contributed by atoms with Crippen LogP contribution in [0.3, 0.4) is 0 Å². The SMILES string of the molecule is COc1ccc(/C=C/C(=O)N2CCN(C3CCCC3)CC2)c(Cl)c1OC. The van der Waals surface area contributed by atoms with Crippen LogP contribution in [0.2, 0.25) is 5.02 Å². The van der Waals surface area contributed by atoms with Gasteiger partial charge >= 0.3 is 0 Å². The lowest BCUT2D eigenvalue weighted by Gasteiger charge is -2.37. The molecular weight excluding hydrogens is 352 g/mol. The molecule has 0 aromatic heterocycles. The van der Waals surface area contributed by atoms with Gasteiger partial charge in [0.2, 0.25) is 5.91 Å². The average Bonchev–Trinajstić information content (AvgIpc) is 3.21. The van der Waals surface area contributed by atoms with Gasteiger partial charge in [-0.05, 0) is 36.6 Å². The quantitative estimate of drug-likeness (QED) is 0.736. The fraction of sp³-hybridized carbons (Fsp3) is 0.550. The maximum Gasteiger partial charge on any atom is 0.246 e. The van der Waals surface area contributed by atoms with E-state index in [0.717, 1.165) is 37.8 Å². The molecule has 2 aliphatic rings. The van der Waals surface area contributed by atoms with Gasteiger partial charge in [0.15, 0.2) is 11.5 Å². The number of rotatable bonds is 5. The van der Waals surface area contributed by atoms with Crippen molar-refractivity contribution in [2.75, 3.05) is 40.4 Å². The van der Waals surface area contributed by atoms with Gasteiger partial charge in [-0.3, -0.25) is 9.69 Å². The summed E-state index contributed by atoms with van der Waals surface area (Å²) in [4.78, 5) is 17.0. The summed E-state index contributed by atoms with van der Waals surface area (Å²) < 4.78 is 10.5. The number of carbonyl (C=O) groups excluding carboxylic acids is 1. The van der Waals surface area contributed by atoms with E-state index in [1.54, 1.807) is 32.4 Å². The number of nitrogens with zero attached hydrogens (tertiary/aromatic N) is 2. The highest BCUT2D eigenvalue weighted by Crippen LogP contribution is 2.37. The van der Waals surface area contributed by atoms with Gasteiger partial charge in [-0.15, -0.1) is 0 Å². The predicted molar refractivity (Wildman–Crippen MR) is 104 cm³/mol. The minimum absolute atomic E-state index is 0.0296. The topological polar surface area (TPSA) is 42.0 Å². The van der Waals surface area contributed by atoms with E-state index in [9.17, 15) is 4.79 Å². The lowest BCUT2D eigenvalue weighted by atomic mass is 10.1. The maximum atomic E-state index is 12.5. The summed E-state index contributed by atoms with van der Waals surface area (Å²) in [5, 5.41) is 0.446. The van der Waals surface area contributed by atoms with Crippen molar-refractivity contribution < 1.29 is 14.3 Å². The van der Waals surface area contributed by atoms with Gasteiger partial charge < -0.3 is 14.4 Å². The first-order chi connectivity index (χ1) is 12.6. The van der Waals surface area contributed by atoms with Crippen LogP contribution in [0.1, 0.15) is 31.2 Å². The standard InChI is InChI=1S/C20H27ClN2O3/c1-25-17-9-7-15(19(21)20(17)26-2)8-10-18(24)23-13-11-22(12-14-23)16-5-3-4-6-16/h7-10,16H,3-6,11-14H2,1-2H3/b10-8+. The van der Waals surface area contributed by atoms with E-state index in [1.165, 1.54) is 25.7 Å². The largest absolute Gasteiger partial charge is 0.493 e. The van der Waals surface area contributed by atoms with E-state index in [1.807, 2.05) is 11.0 Å². The number of benzene rings is 1. The van der Waals surface area contributed by atoms with Crippen molar-refractivity contribution in [1.29, 1.82) is 0 Å². The van der Waals surface area contributed by atoms with Gasteiger partial charge in [0.05, 0.1) is 19.2 Å². The van der Waals surface area contributed by atoms with Crippen LogP contribution in [0.5, 0.6) is 11.5 Å². The molecule has 0 unspecified atom stereocenters. The Morgan fingerprint density at radius 1 is 1.12 bits per heavy atom. The van der Waals surface area contributed by atoms with Crippen LogP contribution in [0.4, 0.5) is 0 Å². The van der Waals surface area contributed by atoms with Crippen molar-refractivity contribution in [1.82, 2.24) is 9.80 Å². The second kappa shape index (κ2) is 8.78. The Morgan fingerprint density at radius 2 is 1.81 bits per heavy atom. The Morgan fingerprint density at radius 3 is 2.42 bits per heavy atom. The second-order valence-corrected chi connectivity index (χ2v) is 7.22. The van der Waals surface area contributed by atoms with E-state index in [2.05, 4.69) is 4.90 Å². The Bertz CT molecular complexity index is 663. The lowest BCUT2D eigenvalue weighted by Crippen LogP contribution is -2.51. The zero-order chi connectivity index (χ0) is 18.5. The Kier molecular flexibility index (Phi) is 6.43. The maximum absolute atomic E-state index is 12.5. The van der Waals surface area contributed by atoms with Crippen molar-refractivity contribution in [2.24, 2.45) is 0 Å².